The maximum atomic E-state index is 13.3. The summed E-state index contributed by atoms with van der Waals surface area (Å²) in [7, 11) is 0. The van der Waals surface area contributed by atoms with Crippen LogP contribution in [0.15, 0.2) is 65.8 Å². The van der Waals surface area contributed by atoms with Crippen LogP contribution in [0, 0.1) is 11.7 Å². The van der Waals surface area contributed by atoms with E-state index < -0.39 is 0 Å². The van der Waals surface area contributed by atoms with Crippen LogP contribution in [0.3, 0.4) is 0 Å². The van der Waals surface area contributed by atoms with Gasteiger partial charge in [0.25, 0.3) is 0 Å². The van der Waals surface area contributed by atoms with Gasteiger partial charge in [-0.2, -0.15) is 0 Å². The Balaban J connectivity index is 2.03. The molecule has 1 aromatic rings. The standard InChI is InChI=1S/C23H25FO2/c1-4-6-19-17(7-5-8-22(19)25)13-20-21(15(2)3)14-26-23(20)16-9-11-18(24)12-10-16/h4,9-12,21H,1-2,5-8,13-14H2,3H3. The first-order valence-corrected chi connectivity index (χ1v) is 9.13. The number of rotatable bonds is 6. The van der Waals surface area contributed by atoms with Gasteiger partial charge in [-0.15, -0.1) is 6.58 Å². The second kappa shape index (κ2) is 7.86. The van der Waals surface area contributed by atoms with Crippen molar-refractivity contribution in [2.24, 2.45) is 5.92 Å². The van der Waals surface area contributed by atoms with E-state index in [0.29, 0.717) is 25.9 Å². The van der Waals surface area contributed by atoms with Gasteiger partial charge >= 0.3 is 0 Å². The molecule has 0 spiro atoms. The van der Waals surface area contributed by atoms with Gasteiger partial charge in [-0.25, -0.2) is 4.39 Å². The molecular formula is C23H25FO2. The molecule has 1 atom stereocenters. The Hall–Kier alpha value is -2.42. The fourth-order valence-corrected chi connectivity index (χ4v) is 3.82. The molecule has 3 rings (SSSR count). The van der Waals surface area contributed by atoms with Crippen LogP contribution in [0.2, 0.25) is 0 Å². The van der Waals surface area contributed by atoms with E-state index in [1.807, 2.05) is 6.92 Å². The lowest BCUT2D eigenvalue weighted by Crippen LogP contribution is -2.14. The number of hydrogen-bond donors (Lipinski definition) is 0. The molecule has 1 aromatic carbocycles. The highest BCUT2D eigenvalue weighted by Gasteiger charge is 2.31. The fraction of sp³-hybridized carbons (Fsp3) is 0.348. The minimum absolute atomic E-state index is 0.129. The highest BCUT2D eigenvalue weighted by Crippen LogP contribution is 2.41. The van der Waals surface area contributed by atoms with Gasteiger partial charge in [0.15, 0.2) is 5.78 Å². The number of ketones is 1. The third-order valence-corrected chi connectivity index (χ3v) is 5.21. The van der Waals surface area contributed by atoms with Crippen LogP contribution in [-0.4, -0.2) is 12.4 Å². The number of benzene rings is 1. The number of hydrogen-bond acceptors (Lipinski definition) is 2. The summed E-state index contributed by atoms with van der Waals surface area (Å²) in [6, 6.07) is 6.39. The quantitative estimate of drug-likeness (QED) is 0.607. The van der Waals surface area contributed by atoms with Crippen LogP contribution in [0.1, 0.15) is 44.6 Å². The normalized spacial score (nSPS) is 20.4. The molecule has 2 aliphatic rings. The summed E-state index contributed by atoms with van der Waals surface area (Å²) in [5.41, 5.74) is 5.16. The first kappa shape index (κ1) is 18.4. The van der Waals surface area contributed by atoms with E-state index in [1.54, 1.807) is 18.2 Å². The molecule has 0 saturated carbocycles. The number of Topliss-reactive ketones (excluding diaryl/α,β-unsaturated/α-hetero) is 1. The second-order valence-electron chi connectivity index (χ2n) is 7.10. The van der Waals surface area contributed by atoms with E-state index in [-0.39, 0.29) is 17.5 Å². The predicted octanol–water partition coefficient (Wildman–Crippen LogP) is 5.78. The maximum absolute atomic E-state index is 13.3. The third-order valence-electron chi connectivity index (χ3n) is 5.21. The molecule has 0 radical (unpaired) electrons. The monoisotopic (exact) mass is 352 g/mol. The number of ether oxygens (including phenoxy) is 1. The van der Waals surface area contributed by atoms with Crippen molar-refractivity contribution in [3.05, 3.63) is 77.2 Å². The highest BCUT2D eigenvalue weighted by molar-refractivity contribution is 5.97. The van der Waals surface area contributed by atoms with Gasteiger partial charge in [-0.1, -0.05) is 23.8 Å². The average molecular weight is 352 g/mol. The number of halogens is 1. The van der Waals surface area contributed by atoms with Gasteiger partial charge in [0.1, 0.15) is 11.6 Å². The smallest absolute Gasteiger partial charge is 0.159 e. The van der Waals surface area contributed by atoms with E-state index in [2.05, 4.69) is 13.2 Å². The Kier molecular flexibility index (Phi) is 5.55. The average Bonchev–Trinajstić information content (AvgIpc) is 3.02. The predicted molar refractivity (Wildman–Crippen MR) is 103 cm³/mol. The SMILES string of the molecule is C=CCC1=C(CC2=C(c3ccc(F)cc3)OCC2C(=C)C)CCCC1=O. The lowest BCUT2D eigenvalue weighted by Gasteiger charge is -2.21. The van der Waals surface area contributed by atoms with Crippen LogP contribution in [0.4, 0.5) is 4.39 Å². The van der Waals surface area contributed by atoms with E-state index in [0.717, 1.165) is 40.9 Å². The van der Waals surface area contributed by atoms with Crippen molar-refractivity contribution >= 4 is 11.5 Å². The molecule has 136 valence electrons. The molecule has 0 amide bonds. The first-order valence-electron chi connectivity index (χ1n) is 9.13. The second-order valence-corrected chi connectivity index (χ2v) is 7.10. The van der Waals surface area contributed by atoms with Gasteiger partial charge in [-0.05, 0) is 68.0 Å². The zero-order chi connectivity index (χ0) is 18.7. The Labute approximate surface area is 154 Å². The third kappa shape index (κ3) is 3.72. The molecule has 1 heterocycles. The van der Waals surface area contributed by atoms with Crippen molar-refractivity contribution in [1.29, 1.82) is 0 Å². The molecule has 0 aromatic heterocycles. The molecule has 1 aliphatic carbocycles. The minimum atomic E-state index is -0.265. The van der Waals surface area contributed by atoms with Gasteiger partial charge in [-0.3, -0.25) is 4.79 Å². The summed E-state index contributed by atoms with van der Waals surface area (Å²) in [4.78, 5) is 12.4. The fourth-order valence-electron chi connectivity index (χ4n) is 3.82. The number of carbonyl (C=O) groups is 1. The maximum Gasteiger partial charge on any atom is 0.159 e. The molecule has 0 fully saturated rings. The Morgan fingerprint density at radius 2 is 2.04 bits per heavy atom. The van der Waals surface area contributed by atoms with Crippen molar-refractivity contribution in [3.63, 3.8) is 0 Å². The number of allylic oxidation sites excluding steroid dienone is 3. The molecule has 1 unspecified atom stereocenters. The zero-order valence-corrected chi connectivity index (χ0v) is 15.3. The lowest BCUT2D eigenvalue weighted by molar-refractivity contribution is -0.116. The van der Waals surface area contributed by atoms with Gasteiger partial charge < -0.3 is 4.74 Å². The topological polar surface area (TPSA) is 26.3 Å². The van der Waals surface area contributed by atoms with Crippen LogP contribution < -0.4 is 0 Å². The largest absolute Gasteiger partial charge is 0.492 e. The van der Waals surface area contributed by atoms with Crippen LogP contribution in [0.5, 0.6) is 0 Å². The van der Waals surface area contributed by atoms with Gasteiger partial charge in [0, 0.05) is 17.9 Å². The zero-order valence-electron chi connectivity index (χ0n) is 15.3. The van der Waals surface area contributed by atoms with Crippen molar-refractivity contribution in [1.82, 2.24) is 0 Å². The van der Waals surface area contributed by atoms with Gasteiger partial charge in [0.05, 0.1) is 6.61 Å². The minimum Gasteiger partial charge on any atom is -0.492 e. The molecule has 26 heavy (non-hydrogen) atoms. The summed E-state index contributed by atoms with van der Waals surface area (Å²) in [6.07, 6.45) is 5.57. The highest BCUT2D eigenvalue weighted by atomic mass is 19.1. The van der Waals surface area contributed by atoms with Crippen LogP contribution in [0.25, 0.3) is 5.76 Å². The summed E-state index contributed by atoms with van der Waals surface area (Å²) < 4.78 is 19.3. The van der Waals surface area contributed by atoms with Crippen molar-refractivity contribution in [3.8, 4) is 0 Å². The van der Waals surface area contributed by atoms with Crippen molar-refractivity contribution in [2.75, 3.05) is 6.61 Å². The van der Waals surface area contributed by atoms with Crippen molar-refractivity contribution in [2.45, 2.75) is 39.0 Å². The molecule has 0 N–H and O–H groups in total. The lowest BCUT2D eigenvalue weighted by atomic mass is 9.81. The van der Waals surface area contributed by atoms with E-state index in [4.69, 9.17) is 4.74 Å². The molecule has 2 nitrogen and oxygen atoms in total. The summed E-state index contributed by atoms with van der Waals surface area (Å²) in [5, 5.41) is 0. The van der Waals surface area contributed by atoms with Crippen LogP contribution >= 0.6 is 0 Å². The molecule has 0 saturated heterocycles. The van der Waals surface area contributed by atoms with E-state index in [9.17, 15) is 9.18 Å². The Bertz CT molecular complexity index is 796. The van der Waals surface area contributed by atoms with E-state index >= 15 is 0 Å². The Morgan fingerprint density at radius 3 is 2.69 bits per heavy atom. The molecular weight excluding hydrogens is 327 g/mol. The van der Waals surface area contributed by atoms with Gasteiger partial charge in [0.2, 0.25) is 0 Å². The van der Waals surface area contributed by atoms with Crippen LogP contribution in [-0.2, 0) is 9.53 Å². The summed E-state index contributed by atoms with van der Waals surface area (Å²) >= 11 is 0. The summed E-state index contributed by atoms with van der Waals surface area (Å²) in [6.45, 7) is 10.5. The molecule has 1 aliphatic heterocycles. The molecule has 0 bridgehead atoms. The van der Waals surface area contributed by atoms with Crippen molar-refractivity contribution < 1.29 is 13.9 Å². The summed E-state index contributed by atoms with van der Waals surface area (Å²) in [5.74, 6) is 0.908. The van der Waals surface area contributed by atoms with E-state index in [1.165, 1.54) is 17.7 Å². The Morgan fingerprint density at radius 1 is 1.31 bits per heavy atom. The first-order chi connectivity index (χ1) is 12.5. The molecule has 3 heteroatoms. The number of carbonyl (C=O) groups excluding carboxylic acids is 1.